The van der Waals surface area contributed by atoms with E-state index in [1.54, 1.807) is 0 Å². The molecule has 0 spiro atoms. The van der Waals surface area contributed by atoms with Gasteiger partial charge in [-0.25, -0.2) is 0 Å². The van der Waals surface area contributed by atoms with Crippen LogP contribution in [0.1, 0.15) is 32.6 Å². The first-order valence-electron chi connectivity index (χ1n) is 4.17. The van der Waals surface area contributed by atoms with Crippen molar-refractivity contribution in [3.63, 3.8) is 0 Å². The monoisotopic (exact) mass is 195 g/mol. The molecule has 12 heavy (non-hydrogen) atoms. The van der Waals surface area contributed by atoms with Crippen LogP contribution < -0.4 is 5.73 Å². The van der Waals surface area contributed by atoms with Crippen LogP contribution in [0.15, 0.2) is 0 Å². The number of esters is 1. The zero-order valence-corrected chi connectivity index (χ0v) is 8.36. The van der Waals surface area contributed by atoms with Gasteiger partial charge in [-0.3, -0.25) is 4.79 Å². The third-order valence-electron chi connectivity index (χ3n) is 1.39. The van der Waals surface area contributed by atoms with E-state index in [4.69, 9.17) is 10.5 Å². The second-order valence-electron chi connectivity index (χ2n) is 2.40. The van der Waals surface area contributed by atoms with Crippen molar-refractivity contribution in [2.45, 2.75) is 32.6 Å². The number of nitrogens with two attached hydrogens (primary N) is 1. The maximum atomic E-state index is 10.8. The second kappa shape index (κ2) is 10.7. The van der Waals surface area contributed by atoms with E-state index in [2.05, 4.69) is 0 Å². The SMILES string of the molecule is CCOC(=O)CCCCCN.Cl. The molecule has 0 aromatic heterocycles. The Bertz CT molecular complexity index is 109. The molecule has 0 aromatic carbocycles. The maximum absolute atomic E-state index is 10.8. The molecule has 0 unspecified atom stereocenters. The van der Waals surface area contributed by atoms with Crippen LogP contribution in [0.3, 0.4) is 0 Å². The van der Waals surface area contributed by atoms with Crippen LogP contribution in [0.4, 0.5) is 0 Å². The molecule has 3 nitrogen and oxygen atoms in total. The van der Waals surface area contributed by atoms with E-state index >= 15 is 0 Å². The quantitative estimate of drug-likeness (QED) is 0.516. The smallest absolute Gasteiger partial charge is 0.305 e. The minimum atomic E-state index is -0.0930. The molecular formula is C8H18ClNO2. The Morgan fingerprint density at radius 3 is 2.50 bits per heavy atom. The Labute approximate surface area is 80.1 Å². The molecule has 0 rings (SSSR count). The number of rotatable bonds is 6. The molecule has 0 aliphatic rings. The summed E-state index contributed by atoms with van der Waals surface area (Å²) in [6.45, 7) is 3.01. The second-order valence-corrected chi connectivity index (χ2v) is 2.40. The lowest BCUT2D eigenvalue weighted by molar-refractivity contribution is -0.143. The molecule has 0 aliphatic carbocycles. The van der Waals surface area contributed by atoms with Gasteiger partial charge in [0.05, 0.1) is 6.61 Å². The number of halogens is 1. The molecule has 74 valence electrons. The summed E-state index contributed by atoms with van der Waals surface area (Å²) in [7, 11) is 0. The Balaban J connectivity index is 0. The summed E-state index contributed by atoms with van der Waals surface area (Å²) < 4.78 is 4.75. The van der Waals surface area contributed by atoms with Crippen molar-refractivity contribution in [1.82, 2.24) is 0 Å². The zero-order valence-electron chi connectivity index (χ0n) is 7.54. The average molecular weight is 196 g/mol. The maximum Gasteiger partial charge on any atom is 0.305 e. The average Bonchev–Trinajstić information content (AvgIpc) is 1.99. The third-order valence-corrected chi connectivity index (χ3v) is 1.39. The predicted molar refractivity (Wildman–Crippen MR) is 51.4 cm³/mol. The van der Waals surface area contributed by atoms with E-state index in [1.807, 2.05) is 6.92 Å². The van der Waals surface area contributed by atoms with Gasteiger partial charge in [-0.1, -0.05) is 6.42 Å². The Morgan fingerprint density at radius 1 is 1.33 bits per heavy atom. The Kier molecular flexibility index (Phi) is 12.7. The molecule has 0 atom stereocenters. The van der Waals surface area contributed by atoms with Gasteiger partial charge in [0, 0.05) is 6.42 Å². The predicted octanol–water partition coefficient (Wildman–Crippen LogP) is 1.49. The molecule has 0 radical (unpaired) electrons. The highest BCUT2D eigenvalue weighted by Gasteiger charge is 1.99. The number of unbranched alkanes of at least 4 members (excludes halogenated alkanes) is 2. The number of hydrogen-bond donors (Lipinski definition) is 1. The normalized spacial score (nSPS) is 8.83. The van der Waals surface area contributed by atoms with E-state index in [-0.39, 0.29) is 18.4 Å². The Morgan fingerprint density at radius 2 is 2.00 bits per heavy atom. The molecule has 0 saturated carbocycles. The lowest BCUT2D eigenvalue weighted by atomic mass is 10.2. The van der Waals surface area contributed by atoms with Gasteiger partial charge in [0.1, 0.15) is 0 Å². The fraction of sp³-hybridized carbons (Fsp3) is 0.875. The number of carbonyl (C=O) groups excluding carboxylic acids is 1. The minimum absolute atomic E-state index is 0. The van der Waals surface area contributed by atoms with Crippen LogP contribution in [-0.4, -0.2) is 19.1 Å². The van der Waals surface area contributed by atoms with Gasteiger partial charge in [0.2, 0.25) is 0 Å². The topological polar surface area (TPSA) is 52.3 Å². The van der Waals surface area contributed by atoms with Crippen LogP contribution in [-0.2, 0) is 9.53 Å². The van der Waals surface area contributed by atoms with E-state index < -0.39 is 0 Å². The zero-order chi connectivity index (χ0) is 8.53. The third kappa shape index (κ3) is 9.72. The van der Waals surface area contributed by atoms with Gasteiger partial charge in [0.15, 0.2) is 0 Å². The van der Waals surface area contributed by atoms with Crippen molar-refractivity contribution < 1.29 is 9.53 Å². The summed E-state index contributed by atoms with van der Waals surface area (Å²) in [6, 6.07) is 0. The van der Waals surface area contributed by atoms with Gasteiger partial charge >= 0.3 is 5.97 Å². The van der Waals surface area contributed by atoms with E-state index in [1.165, 1.54) is 0 Å². The Hall–Kier alpha value is -0.280. The minimum Gasteiger partial charge on any atom is -0.466 e. The van der Waals surface area contributed by atoms with Crippen LogP contribution in [0.2, 0.25) is 0 Å². The van der Waals surface area contributed by atoms with Crippen LogP contribution in [0.25, 0.3) is 0 Å². The molecule has 0 bridgehead atoms. The first kappa shape index (κ1) is 14.3. The van der Waals surface area contributed by atoms with E-state index in [0.717, 1.165) is 19.3 Å². The van der Waals surface area contributed by atoms with Gasteiger partial charge in [-0.15, -0.1) is 12.4 Å². The summed E-state index contributed by atoms with van der Waals surface area (Å²) in [4.78, 5) is 10.8. The fourth-order valence-corrected chi connectivity index (χ4v) is 0.824. The van der Waals surface area contributed by atoms with Crippen LogP contribution >= 0.6 is 12.4 Å². The molecule has 0 amide bonds. The highest BCUT2D eigenvalue weighted by Crippen LogP contribution is 1.99. The molecule has 0 fully saturated rings. The standard InChI is InChI=1S/C8H17NO2.ClH/c1-2-11-8(10)6-4-3-5-7-9;/h2-7,9H2,1H3;1H. The lowest BCUT2D eigenvalue weighted by Crippen LogP contribution is -2.04. The lowest BCUT2D eigenvalue weighted by Gasteiger charge is -2.00. The van der Waals surface area contributed by atoms with Crippen molar-refractivity contribution in [2.75, 3.05) is 13.2 Å². The number of ether oxygens (including phenoxy) is 1. The molecule has 0 aliphatic heterocycles. The van der Waals surface area contributed by atoms with Crippen molar-refractivity contribution >= 4 is 18.4 Å². The van der Waals surface area contributed by atoms with Gasteiger partial charge in [-0.2, -0.15) is 0 Å². The van der Waals surface area contributed by atoms with Crippen molar-refractivity contribution in [1.29, 1.82) is 0 Å². The van der Waals surface area contributed by atoms with Crippen LogP contribution in [0, 0.1) is 0 Å². The molecule has 0 aromatic rings. The van der Waals surface area contributed by atoms with Gasteiger partial charge in [0.25, 0.3) is 0 Å². The number of carbonyl (C=O) groups is 1. The summed E-state index contributed by atoms with van der Waals surface area (Å²) in [5, 5.41) is 0. The molecule has 4 heteroatoms. The van der Waals surface area contributed by atoms with Crippen molar-refractivity contribution in [2.24, 2.45) is 5.73 Å². The van der Waals surface area contributed by atoms with E-state index in [9.17, 15) is 4.79 Å². The largest absolute Gasteiger partial charge is 0.466 e. The highest BCUT2D eigenvalue weighted by molar-refractivity contribution is 5.85. The summed E-state index contributed by atoms with van der Waals surface area (Å²) in [6.07, 6.45) is 3.46. The highest BCUT2D eigenvalue weighted by atomic mass is 35.5. The molecule has 2 N–H and O–H groups in total. The molecular weight excluding hydrogens is 178 g/mol. The van der Waals surface area contributed by atoms with Gasteiger partial charge < -0.3 is 10.5 Å². The number of hydrogen-bond acceptors (Lipinski definition) is 3. The van der Waals surface area contributed by atoms with Crippen LogP contribution in [0.5, 0.6) is 0 Å². The summed E-state index contributed by atoms with van der Waals surface area (Å²) in [5.41, 5.74) is 5.29. The first-order valence-corrected chi connectivity index (χ1v) is 4.17. The fourth-order valence-electron chi connectivity index (χ4n) is 0.824. The molecule has 0 saturated heterocycles. The summed E-state index contributed by atoms with van der Waals surface area (Å²) in [5.74, 6) is -0.0930. The van der Waals surface area contributed by atoms with E-state index in [0.29, 0.717) is 19.6 Å². The van der Waals surface area contributed by atoms with Crippen molar-refractivity contribution in [3.05, 3.63) is 0 Å². The first-order chi connectivity index (χ1) is 5.31. The van der Waals surface area contributed by atoms with Gasteiger partial charge in [-0.05, 0) is 26.3 Å². The summed E-state index contributed by atoms with van der Waals surface area (Å²) >= 11 is 0. The molecule has 0 heterocycles. The van der Waals surface area contributed by atoms with Crippen molar-refractivity contribution in [3.8, 4) is 0 Å².